The van der Waals surface area contributed by atoms with Crippen LogP contribution in [0.1, 0.15) is 90.9 Å². The van der Waals surface area contributed by atoms with E-state index in [1.807, 2.05) is 0 Å². The molecule has 0 aromatic carbocycles. The van der Waals surface area contributed by atoms with Gasteiger partial charge in [0.1, 0.15) is 0 Å². The van der Waals surface area contributed by atoms with Crippen LogP contribution in [0.4, 0.5) is 0 Å². The van der Waals surface area contributed by atoms with E-state index in [-0.39, 0.29) is 36.0 Å². The van der Waals surface area contributed by atoms with E-state index in [0.29, 0.717) is 12.8 Å². The summed E-state index contributed by atoms with van der Waals surface area (Å²) in [6, 6.07) is 0. The van der Waals surface area contributed by atoms with Crippen LogP contribution in [0.3, 0.4) is 0 Å². The maximum absolute atomic E-state index is 10.7. The fourth-order valence-corrected chi connectivity index (χ4v) is 2.83. The van der Waals surface area contributed by atoms with Gasteiger partial charge in [0.2, 0.25) is 0 Å². The molecule has 0 radical (unpaired) electrons. The van der Waals surface area contributed by atoms with Gasteiger partial charge in [0.15, 0.2) is 0 Å². The van der Waals surface area contributed by atoms with Gasteiger partial charge < -0.3 is 9.66 Å². The van der Waals surface area contributed by atoms with Crippen molar-refractivity contribution in [3.63, 3.8) is 0 Å². The molecule has 0 aliphatic rings. The summed E-state index contributed by atoms with van der Waals surface area (Å²) in [5.41, 5.74) is 0. The Bertz CT molecular complexity index is 333. The van der Waals surface area contributed by atoms with Crippen molar-refractivity contribution < 1.29 is 47.6 Å². The van der Waals surface area contributed by atoms with Crippen molar-refractivity contribution in [2.75, 3.05) is 0 Å². The van der Waals surface area contributed by atoms with Crippen molar-refractivity contribution in [3.05, 3.63) is 0 Å². The van der Waals surface area contributed by atoms with Crippen LogP contribution < -0.4 is 29.6 Å². The number of rotatable bonds is 14. The molecule has 0 saturated carbocycles. The standard InChI is InChI=1S/C16H34O4S.Na/c1-3-4-5-6-7-8-9-10-11-12-16(17)14-13-15(2)21(18,19)20;/h15-17H,3-14H2,1-2H3,(H,18,19,20);/q;+1/p-1. The zero-order chi connectivity index (χ0) is 16.1. The molecule has 0 fully saturated rings. The van der Waals surface area contributed by atoms with Crippen molar-refractivity contribution in [1.82, 2.24) is 0 Å². The normalized spacial score (nSPS) is 14.4. The predicted molar refractivity (Wildman–Crippen MR) is 86.2 cm³/mol. The molecule has 0 rings (SSSR count). The summed E-state index contributed by atoms with van der Waals surface area (Å²) >= 11 is 0. The average molecular weight is 344 g/mol. The number of unbranched alkanes of at least 4 members (excludes halogenated alkanes) is 8. The van der Waals surface area contributed by atoms with Crippen LogP contribution in [0, 0.1) is 0 Å². The van der Waals surface area contributed by atoms with Gasteiger partial charge in [-0.1, -0.05) is 64.7 Å². The molecule has 0 bridgehead atoms. The van der Waals surface area contributed by atoms with Crippen LogP contribution in [-0.4, -0.2) is 29.4 Å². The van der Waals surface area contributed by atoms with Crippen molar-refractivity contribution in [2.45, 2.75) is 102 Å². The van der Waals surface area contributed by atoms with Crippen LogP contribution in [0.25, 0.3) is 0 Å². The average Bonchev–Trinajstić information content (AvgIpc) is 2.41. The molecule has 4 nitrogen and oxygen atoms in total. The van der Waals surface area contributed by atoms with Crippen LogP contribution in [0.2, 0.25) is 0 Å². The minimum atomic E-state index is -4.20. The Morgan fingerprint density at radius 2 is 1.32 bits per heavy atom. The van der Waals surface area contributed by atoms with Crippen molar-refractivity contribution in [1.29, 1.82) is 0 Å². The predicted octanol–water partition coefficient (Wildman–Crippen LogP) is 0.986. The van der Waals surface area contributed by atoms with Crippen molar-refractivity contribution in [3.8, 4) is 0 Å². The second kappa shape index (κ2) is 15.4. The zero-order valence-electron chi connectivity index (χ0n) is 14.7. The quantitative estimate of drug-likeness (QED) is 0.290. The van der Waals surface area contributed by atoms with E-state index in [1.54, 1.807) is 0 Å². The molecule has 2 atom stereocenters. The molecular weight excluding hydrogens is 311 g/mol. The number of aliphatic hydroxyl groups excluding tert-OH is 1. The monoisotopic (exact) mass is 344 g/mol. The largest absolute Gasteiger partial charge is 1.00 e. The maximum atomic E-state index is 10.7. The summed E-state index contributed by atoms with van der Waals surface area (Å²) in [6.45, 7) is 3.63. The van der Waals surface area contributed by atoms with Gasteiger partial charge in [0.05, 0.1) is 16.2 Å². The Morgan fingerprint density at radius 3 is 1.77 bits per heavy atom. The molecule has 0 aliphatic carbocycles. The van der Waals surface area contributed by atoms with Gasteiger partial charge in [0.25, 0.3) is 0 Å². The second-order valence-electron chi connectivity index (χ2n) is 6.15. The van der Waals surface area contributed by atoms with Gasteiger partial charge in [0, 0.05) is 5.25 Å². The Labute approximate surface area is 159 Å². The van der Waals surface area contributed by atoms with Gasteiger partial charge >= 0.3 is 29.6 Å². The van der Waals surface area contributed by atoms with E-state index >= 15 is 0 Å². The van der Waals surface area contributed by atoms with Crippen LogP contribution in [0.5, 0.6) is 0 Å². The first-order valence-electron chi connectivity index (χ1n) is 8.50. The van der Waals surface area contributed by atoms with Gasteiger partial charge in [-0.25, -0.2) is 8.42 Å². The SMILES string of the molecule is CCCCCCCCCCCC(O)CCC(C)S(=O)(=O)[O-].[Na+]. The Hall–Kier alpha value is 0.870. The molecule has 128 valence electrons. The van der Waals surface area contributed by atoms with E-state index in [4.69, 9.17) is 0 Å². The fourth-order valence-electron chi connectivity index (χ4n) is 2.41. The number of hydrogen-bond donors (Lipinski definition) is 1. The molecule has 0 aromatic heterocycles. The smallest absolute Gasteiger partial charge is 0.748 e. The Kier molecular flexibility index (Phi) is 17.6. The molecule has 0 amide bonds. The summed E-state index contributed by atoms with van der Waals surface area (Å²) in [7, 11) is -4.20. The number of aliphatic hydroxyl groups is 1. The molecule has 1 N–H and O–H groups in total. The summed E-state index contributed by atoms with van der Waals surface area (Å²) in [6.07, 6.45) is 12.1. The van der Waals surface area contributed by atoms with Gasteiger partial charge in [-0.15, -0.1) is 0 Å². The minimum Gasteiger partial charge on any atom is -0.748 e. The van der Waals surface area contributed by atoms with Crippen LogP contribution in [-0.2, 0) is 10.1 Å². The van der Waals surface area contributed by atoms with Gasteiger partial charge in [-0.2, -0.15) is 0 Å². The summed E-state index contributed by atoms with van der Waals surface area (Å²) in [5, 5.41) is 8.87. The maximum Gasteiger partial charge on any atom is 1.00 e. The topological polar surface area (TPSA) is 77.4 Å². The third-order valence-electron chi connectivity index (χ3n) is 4.04. The summed E-state index contributed by atoms with van der Waals surface area (Å²) in [5.74, 6) is 0. The van der Waals surface area contributed by atoms with E-state index in [1.165, 1.54) is 51.9 Å². The molecule has 0 aromatic rings. The molecule has 6 heteroatoms. The molecule has 0 saturated heterocycles. The van der Waals surface area contributed by atoms with E-state index < -0.39 is 21.5 Å². The number of hydrogen-bond acceptors (Lipinski definition) is 4. The molecule has 0 spiro atoms. The molecule has 0 aliphatic heterocycles. The first-order chi connectivity index (χ1) is 9.88. The van der Waals surface area contributed by atoms with Crippen molar-refractivity contribution in [2.24, 2.45) is 0 Å². The fraction of sp³-hybridized carbons (Fsp3) is 1.00. The minimum absolute atomic E-state index is 0. The van der Waals surface area contributed by atoms with E-state index in [9.17, 15) is 18.1 Å². The first-order valence-corrected chi connectivity index (χ1v) is 9.97. The third-order valence-corrected chi connectivity index (χ3v) is 5.26. The van der Waals surface area contributed by atoms with Crippen LogP contribution in [0.15, 0.2) is 0 Å². The van der Waals surface area contributed by atoms with E-state index in [0.717, 1.165) is 12.8 Å². The van der Waals surface area contributed by atoms with Crippen LogP contribution >= 0.6 is 0 Å². The molecular formula is C16H33NaO4S. The zero-order valence-corrected chi connectivity index (χ0v) is 17.5. The van der Waals surface area contributed by atoms with Gasteiger partial charge in [-0.05, 0) is 26.2 Å². The summed E-state index contributed by atoms with van der Waals surface area (Å²) < 4.78 is 32.2. The Balaban J connectivity index is 0. The summed E-state index contributed by atoms with van der Waals surface area (Å²) in [4.78, 5) is 0. The first kappa shape index (κ1) is 25.1. The van der Waals surface area contributed by atoms with Crippen molar-refractivity contribution >= 4 is 10.1 Å². The molecule has 22 heavy (non-hydrogen) atoms. The molecule has 0 heterocycles. The third kappa shape index (κ3) is 15.8. The Morgan fingerprint density at radius 1 is 0.864 bits per heavy atom. The molecule has 2 unspecified atom stereocenters. The van der Waals surface area contributed by atoms with E-state index in [2.05, 4.69) is 6.92 Å². The van der Waals surface area contributed by atoms with Gasteiger partial charge in [-0.3, -0.25) is 0 Å². The second-order valence-corrected chi connectivity index (χ2v) is 7.94.